The van der Waals surface area contributed by atoms with Crippen LogP contribution in [0.4, 0.5) is 10.5 Å². The SMILES string of the molecule is COCCc1ccc(NC(=O)O)cc1. The fraction of sp³-hybridized carbons (Fsp3) is 0.300. The third-order valence-corrected chi connectivity index (χ3v) is 1.80. The molecule has 0 atom stereocenters. The number of hydrogen-bond donors (Lipinski definition) is 2. The molecule has 0 aliphatic heterocycles. The molecular formula is C10H13NO3. The Morgan fingerprint density at radius 1 is 1.43 bits per heavy atom. The lowest BCUT2D eigenvalue weighted by Gasteiger charge is -2.03. The smallest absolute Gasteiger partial charge is 0.409 e. The fourth-order valence-corrected chi connectivity index (χ4v) is 1.10. The molecule has 0 unspecified atom stereocenters. The second kappa shape index (κ2) is 5.24. The van der Waals surface area contributed by atoms with Crippen LogP contribution in [-0.4, -0.2) is 24.9 Å². The number of hydrogen-bond acceptors (Lipinski definition) is 2. The molecule has 14 heavy (non-hydrogen) atoms. The van der Waals surface area contributed by atoms with E-state index in [2.05, 4.69) is 5.32 Å². The molecule has 0 aromatic heterocycles. The zero-order valence-electron chi connectivity index (χ0n) is 7.99. The first kappa shape index (κ1) is 10.5. The number of anilines is 1. The Morgan fingerprint density at radius 2 is 2.07 bits per heavy atom. The minimum absolute atomic E-state index is 0.582. The molecule has 1 amide bonds. The Morgan fingerprint density at radius 3 is 2.57 bits per heavy atom. The summed E-state index contributed by atoms with van der Waals surface area (Å²) in [5.41, 5.74) is 1.71. The quantitative estimate of drug-likeness (QED) is 0.772. The van der Waals surface area contributed by atoms with Gasteiger partial charge in [0.25, 0.3) is 0 Å². The summed E-state index contributed by atoms with van der Waals surface area (Å²) in [7, 11) is 1.65. The summed E-state index contributed by atoms with van der Waals surface area (Å²) < 4.78 is 4.93. The monoisotopic (exact) mass is 195 g/mol. The molecular weight excluding hydrogens is 182 g/mol. The van der Waals surface area contributed by atoms with E-state index in [0.29, 0.717) is 12.3 Å². The third-order valence-electron chi connectivity index (χ3n) is 1.80. The highest BCUT2D eigenvalue weighted by molar-refractivity contribution is 5.82. The first-order chi connectivity index (χ1) is 6.72. The average Bonchev–Trinajstić information content (AvgIpc) is 2.16. The van der Waals surface area contributed by atoms with E-state index in [1.54, 1.807) is 19.2 Å². The van der Waals surface area contributed by atoms with Gasteiger partial charge in [-0.1, -0.05) is 12.1 Å². The van der Waals surface area contributed by atoms with Crippen LogP contribution in [0.15, 0.2) is 24.3 Å². The largest absolute Gasteiger partial charge is 0.465 e. The van der Waals surface area contributed by atoms with Gasteiger partial charge in [0.05, 0.1) is 6.61 Å². The summed E-state index contributed by atoms with van der Waals surface area (Å²) in [4.78, 5) is 10.3. The van der Waals surface area contributed by atoms with Gasteiger partial charge >= 0.3 is 6.09 Å². The molecule has 0 saturated carbocycles. The highest BCUT2D eigenvalue weighted by Gasteiger charge is 1.97. The lowest BCUT2D eigenvalue weighted by Crippen LogP contribution is -2.07. The maximum Gasteiger partial charge on any atom is 0.409 e. The molecule has 1 rings (SSSR count). The van der Waals surface area contributed by atoms with Crippen LogP contribution >= 0.6 is 0 Å². The summed E-state index contributed by atoms with van der Waals surface area (Å²) in [5.74, 6) is 0. The zero-order valence-corrected chi connectivity index (χ0v) is 7.99. The Bertz CT molecular complexity index is 295. The highest BCUT2D eigenvalue weighted by Crippen LogP contribution is 2.09. The number of carbonyl (C=O) groups is 1. The normalized spacial score (nSPS) is 9.79. The van der Waals surface area contributed by atoms with Crippen LogP contribution in [0, 0.1) is 0 Å². The van der Waals surface area contributed by atoms with Gasteiger partial charge in [0.1, 0.15) is 0 Å². The van der Waals surface area contributed by atoms with Gasteiger partial charge in [0.2, 0.25) is 0 Å². The minimum atomic E-state index is -1.05. The topological polar surface area (TPSA) is 58.6 Å². The standard InChI is InChI=1S/C10H13NO3/c1-14-7-6-8-2-4-9(5-3-8)11-10(12)13/h2-5,11H,6-7H2,1H3,(H,12,13). The molecule has 4 heteroatoms. The number of amides is 1. The first-order valence-corrected chi connectivity index (χ1v) is 4.30. The van der Waals surface area contributed by atoms with Crippen molar-refractivity contribution in [3.63, 3.8) is 0 Å². The van der Waals surface area contributed by atoms with Crippen molar-refractivity contribution in [2.45, 2.75) is 6.42 Å². The van der Waals surface area contributed by atoms with Gasteiger partial charge in [0.15, 0.2) is 0 Å². The number of carboxylic acid groups (broad SMARTS) is 1. The van der Waals surface area contributed by atoms with Crippen molar-refractivity contribution in [1.29, 1.82) is 0 Å². The van der Waals surface area contributed by atoms with Crippen LogP contribution in [-0.2, 0) is 11.2 Å². The van der Waals surface area contributed by atoms with E-state index in [4.69, 9.17) is 9.84 Å². The van der Waals surface area contributed by atoms with Crippen molar-refractivity contribution in [2.75, 3.05) is 19.0 Å². The molecule has 0 fully saturated rings. The van der Waals surface area contributed by atoms with Gasteiger partial charge in [-0.2, -0.15) is 0 Å². The lowest BCUT2D eigenvalue weighted by molar-refractivity contribution is 0.202. The van der Waals surface area contributed by atoms with E-state index in [1.807, 2.05) is 12.1 Å². The fourth-order valence-electron chi connectivity index (χ4n) is 1.10. The van der Waals surface area contributed by atoms with E-state index in [1.165, 1.54) is 0 Å². The van der Waals surface area contributed by atoms with Crippen molar-refractivity contribution in [3.05, 3.63) is 29.8 Å². The van der Waals surface area contributed by atoms with E-state index < -0.39 is 6.09 Å². The summed E-state index contributed by atoms with van der Waals surface area (Å²) in [6, 6.07) is 7.23. The molecule has 0 heterocycles. The van der Waals surface area contributed by atoms with Crippen LogP contribution in [0.2, 0.25) is 0 Å². The van der Waals surface area contributed by atoms with Gasteiger partial charge in [0, 0.05) is 12.8 Å². The van der Waals surface area contributed by atoms with Gasteiger partial charge in [-0.3, -0.25) is 5.32 Å². The predicted molar refractivity (Wildman–Crippen MR) is 53.7 cm³/mol. The zero-order chi connectivity index (χ0) is 10.4. The van der Waals surface area contributed by atoms with Crippen molar-refractivity contribution in [2.24, 2.45) is 0 Å². The molecule has 1 aromatic carbocycles. The van der Waals surface area contributed by atoms with Gasteiger partial charge < -0.3 is 9.84 Å². The van der Waals surface area contributed by atoms with Crippen molar-refractivity contribution >= 4 is 11.8 Å². The molecule has 2 N–H and O–H groups in total. The van der Waals surface area contributed by atoms with Gasteiger partial charge in [-0.25, -0.2) is 4.79 Å². The molecule has 0 aliphatic rings. The first-order valence-electron chi connectivity index (χ1n) is 4.30. The molecule has 0 saturated heterocycles. The van der Waals surface area contributed by atoms with Crippen LogP contribution in [0.5, 0.6) is 0 Å². The third kappa shape index (κ3) is 3.45. The number of ether oxygens (including phenoxy) is 1. The maximum absolute atomic E-state index is 10.3. The number of benzene rings is 1. The summed E-state index contributed by atoms with van der Waals surface area (Å²) in [6.07, 6.45) is -0.209. The summed E-state index contributed by atoms with van der Waals surface area (Å²) in [6.45, 7) is 0.672. The van der Waals surface area contributed by atoms with Crippen LogP contribution in [0.1, 0.15) is 5.56 Å². The lowest BCUT2D eigenvalue weighted by atomic mass is 10.1. The van der Waals surface area contributed by atoms with Crippen LogP contribution in [0.3, 0.4) is 0 Å². The van der Waals surface area contributed by atoms with Gasteiger partial charge in [-0.15, -0.1) is 0 Å². The Labute approximate surface area is 82.5 Å². The van der Waals surface area contributed by atoms with Crippen LogP contribution in [0.25, 0.3) is 0 Å². The summed E-state index contributed by atoms with van der Waals surface area (Å²) >= 11 is 0. The van der Waals surface area contributed by atoms with Crippen molar-refractivity contribution < 1.29 is 14.6 Å². The Balaban J connectivity index is 2.54. The molecule has 0 bridgehead atoms. The van der Waals surface area contributed by atoms with Crippen LogP contribution < -0.4 is 5.32 Å². The highest BCUT2D eigenvalue weighted by atomic mass is 16.5. The van der Waals surface area contributed by atoms with Crippen molar-refractivity contribution in [3.8, 4) is 0 Å². The molecule has 0 aliphatic carbocycles. The molecule has 4 nitrogen and oxygen atoms in total. The second-order valence-corrected chi connectivity index (χ2v) is 2.87. The minimum Gasteiger partial charge on any atom is -0.465 e. The Kier molecular flexibility index (Phi) is 3.94. The van der Waals surface area contributed by atoms with Crippen molar-refractivity contribution in [1.82, 2.24) is 0 Å². The molecule has 0 spiro atoms. The molecule has 76 valence electrons. The Hall–Kier alpha value is -1.55. The second-order valence-electron chi connectivity index (χ2n) is 2.87. The summed E-state index contributed by atoms with van der Waals surface area (Å²) in [5, 5.41) is 10.7. The number of methoxy groups -OCH3 is 1. The van der Waals surface area contributed by atoms with Gasteiger partial charge in [-0.05, 0) is 24.1 Å². The number of nitrogens with one attached hydrogen (secondary N) is 1. The average molecular weight is 195 g/mol. The number of rotatable bonds is 4. The molecule has 0 radical (unpaired) electrons. The van der Waals surface area contributed by atoms with E-state index in [9.17, 15) is 4.79 Å². The molecule has 1 aromatic rings. The van der Waals surface area contributed by atoms with E-state index in [-0.39, 0.29) is 0 Å². The maximum atomic E-state index is 10.3. The predicted octanol–water partition coefficient (Wildman–Crippen LogP) is 1.97. The van der Waals surface area contributed by atoms with E-state index >= 15 is 0 Å². The van der Waals surface area contributed by atoms with E-state index in [0.717, 1.165) is 12.0 Å².